The predicted octanol–water partition coefficient (Wildman–Crippen LogP) is 3.96. The minimum atomic E-state index is 0.118. The molecule has 0 aliphatic carbocycles. The summed E-state index contributed by atoms with van der Waals surface area (Å²) in [5, 5.41) is 16.8. The van der Waals surface area contributed by atoms with Crippen molar-refractivity contribution in [1.29, 1.82) is 0 Å². The maximum Gasteiger partial charge on any atom is 0.170 e. The van der Waals surface area contributed by atoms with E-state index in [1.807, 2.05) is 18.2 Å². The lowest BCUT2D eigenvalue weighted by molar-refractivity contribution is 0.478. The molecule has 0 spiro atoms. The van der Waals surface area contributed by atoms with Crippen LogP contribution in [0.25, 0.3) is 0 Å². The number of anilines is 1. The average molecular weight is 321 g/mol. The molecular formula is C16H17ClN2OS. The first kappa shape index (κ1) is 15.6. The minimum Gasteiger partial charge on any atom is -0.506 e. The monoisotopic (exact) mass is 320 g/mol. The zero-order valence-corrected chi connectivity index (χ0v) is 13.0. The van der Waals surface area contributed by atoms with Gasteiger partial charge < -0.3 is 15.7 Å². The minimum absolute atomic E-state index is 0.118. The van der Waals surface area contributed by atoms with Crippen molar-refractivity contribution in [3.05, 3.63) is 59.1 Å². The number of hydrogen-bond donors (Lipinski definition) is 3. The molecule has 0 saturated carbocycles. The van der Waals surface area contributed by atoms with Crippen molar-refractivity contribution in [3.8, 4) is 5.75 Å². The second kappa shape index (κ2) is 7.86. The highest BCUT2D eigenvalue weighted by atomic mass is 35.5. The lowest BCUT2D eigenvalue weighted by Gasteiger charge is -2.12. The van der Waals surface area contributed by atoms with Gasteiger partial charge >= 0.3 is 0 Å². The van der Waals surface area contributed by atoms with E-state index in [2.05, 4.69) is 22.8 Å². The molecule has 0 unspecified atom stereocenters. The first-order valence-electron chi connectivity index (χ1n) is 6.72. The Hall–Kier alpha value is -1.78. The van der Waals surface area contributed by atoms with Gasteiger partial charge in [-0.1, -0.05) is 41.9 Å². The standard InChI is InChI=1S/C16H17ClN2OS/c17-13-8-9-15(20)14(11-13)19-16(21)18-10-4-7-12-5-2-1-3-6-12/h1-3,5-6,8-9,11,20H,4,7,10H2,(H2,18,19,21). The Morgan fingerprint density at radius 2 is 1.90 bits per heavy atom. The van der Waals surface area contributed by atoms with Crippen molar-refractivity contribution in [2.75, 3.05) is 11.9 Å². The van der Waals surface area contributed by atoms with E-state index in [0.717, 1.165) is 19.4 Å². The van der Waals surface area contributed by atoms with Gasteiger partial charge in [-0.15, -0.1) is 0 Å². The van der Waals surface area contributed by atoms with Crippen LogP contribution in [0.3, 0.4) is 0 Å². The van der Waals surface area contributed by atoms with Gasteiger partial charge in [-0.25, -0.2) is 0 Å². The van der Waals surface area contributed by atoms with Gasteiger partial charge in [0.2, 0.25) is 0 Å². The summed E-state index contributed by atoms with van der Waals surface area (Å²) in [4.78, 5) is 0. The van der Waals surface area contributed by atoms with E-state index in [0.29, 0.717) is 15.8 Å². The number of aryl methyl sites for hydroxylation is 1. The summed E-state index contributed by atoms with van der Waals surface area (Å²) in [6.45, 7) is 0.766. The maximum absolute atomic E-state index is 9.70. The third-order valence-electron chi connectivity index (χ3n) is 2.98. The molecular weight excluding hydrogens is 304 g/mol. The Morgan fingerprint density at radius 1 is 1.14 bits per heavy atom. The van der Waals surface area contributed by atoms with Crippen molar-refractivity contribution in [2.45, 2.75) is 12.8 Å². The van der Waals surface area contributed by atoms with Crippen LogP contribution in [-0.4, -0.2) is 16.8 Å². The van der Waals surface area contributed by atoms with Crippen LogP contribution in [-0.2, 0) is 6.42 Å². The molecule has 0 atom stereocenters. The Balaban J connectivity index is 1.74. The number of rotatable bonds is 5. The number of nitrogens with one attached hydrogen (secondary N) is 2. The second-order valence-electron chi connectivity index (χ2n) is 4.63. The zero-order valence-electron chi connectivity index (χ0n) is 11.5. The molecule has 0 saturated heterocycles. The van der Waals surface area contributed by atoms with Crippen molar-refractivity contribution < 1.29 is 5.11 Å². The van der Waals surface area contributed by atoms with E-state index in [1.54, 1.807) is 12.1 Å². The topological polar surface area (TPSA) is 44.3 Å². The summed E-state index contributed by atoms with van der Waals surface area (Å²) < 4.78 is 0. The highest BCUT2D eigenvalue weighted by Crippen LogP contribution is 2.26. The normalized spacial score (nSPS) is 10.1. The van der Waals surface area contributed by atoms with E-state index in [4.69, 9.17) is 23.8 Å². The molecule has 3 nitrogen and oxygen atoms in total. The van der Waals surface area contributed by atoms with Crippen LogP contribution < -0.4 is 10.6 Å². The summed E-state index contributed by atoms with van der Waals surface area (Å²) in [5.41, 5.74) is 1.81. The molecule has 0 radical (unpaired) electrons. The summed E-state index contributed by atoms with van der Waals surface area (Å²) in [6.07, 6.45) is 1.98. The molecule has 3 N–H and O–H groups in total. The van der Waals surface area contributed by atoms with Gasteiger partial charge in [0.25, 0.3) is 0 Å². The highest BCUT2D eigenvalue weighted by Gasteiger charge is 2.04. The Labute approximate surface area is 135 Å². The number of halogens is 1. The van der Waals surface area contributed by atoms with E-state index in [9.17, 15) is 5.11 Å². The van der Waals surface area contributed by atoms with Gasteiger partial charge in [0, 0.05) is 11.6 Å². The van der Waals surface area contributed by atoms with Gasteiger partial charge in [-0.05, 0) is 48.8 Å². The van der Waals surface area contributed by atoms with Crippen molar-refractivity contribution in [1.82, 2.24) is 5.32 Å². The van der Waals surface area contributed by atoms with E-state index < -0.39 is 0 Å². The van der Waals surface area contributed by atoms with Crippen molar-refractivity contribution in [2.24, 2.45) is 0 Å². The largest absolute Gasteiger partial charge is 0.506 e. The fourth-order valence-electron chi connectivity index (χ4n) is 1.91. The molecule has 0 aliphatic rings. The third-order valence-corrected chi connectivity index (χ3v) is 3.46. The number of benzene rings is 2. The van der Waals surface area contributed by atoms with E-state index >= 15 is 0 Å². The van der Waals surface area contributed by atoms with Crippen molar-refractivity contribution >= 4 is 34.6 Å². The number of hydrogen-bond acceptors (Lipinski definition) is 2. The molecule has 0 bridgehead atoms. The fraction of sp³-hybridized carbons (Fsp3) is 0.188. The molecule has 110 valence electrons. The molecule has 0 aliphatic heterocycles. The second-order valence-corrected chi connectivity index (χ2v) is 5.48. The van der Waals surface area contributed by atoms with E-state index in [-0.39, 0.29) is 5.75 Å². The Bertz CT molecular complexity index is 604. The lowest BCUT2D eigenvalue weighted by Crippen LogP contribution is -2.29. The predicted molar refractivity (Wildman–Crippen MR) is 92.1 cm³/mol. The van der Waals surface area contributed by atoms with Crippen LogP contribution in [0, 0.1) is 0 Å². The maximum atomic E-state index is 9.70. The highest BCUT2D eigenvalue weighted by molar-refractivity contribution is 7.80. The first-order chi connectivity index (χ1) is 10.1. The summed E-state index contributed by atoms with van der Waals surface area (Å²) in [6, 6.07) is 15.1. The summed E-state index contributed by atoms with van der Waals surface area (Å²) >= 11 is 11.1. The summed E-state index contributed by atoms with van der Waals surface area (Å²) in [5.74, 6) is 0.118. The molecule has 2 aromatic rings. The molecule has 0 fully saturated rings. The van der Waals surface area contributed by atoms with Crippen molar-refractivity contribution in [3.63, 3.8) is 0 Å². The zero-order chi connectivity index (χ0) is 15.1. The van der Waals surface area contributed by atoms with Gasteiger partial charge in [-0.2, -0.15) is 0 Å². The van der Waals surface area contributed by atoms with Gasteiger partial charge in [0.1, 0.15) is 5.75 Å². The fourth-order valence-corrected chi connectivity index (χ4v) is 2.30. The van der Waals surface area contributed by atoms with Crippen LogP contribution in [0.5, 0.6) is 5.75 Å². The molecule has 5 heteroatoms. The molecule has 2 aromatic carbocycles. The molecule has 0 aromatic heterocycles. The molecule has 0 amide bonds. The smallest absolute Gasteiger partial charge is 0.170 e. The SMILES string of the molecule is Oc1ccc(Cl)cc1NC(=S)NCCCc1ccccc1. The lowest BCUT2D eigenvalue weighted by atomic mass is 10.1. The van der Waals surface area contributed by atoms with Gasteiger partial charge in [0.15, 0.2) is 5.11 Å². The van der Waals surface area contributed by atoms with Crippen LogP contribution in [0.4, 0.5) is 5.69 Å². The number of phenols is 1. The first-order valence-corrected chi connectivity index (χ1v) is 7.51. The van der Waals surface area contributed by atoms with Crippen LogP contribution >= 0.6 is 23.8 Å². The Kier molecular flexibility index (Phi) is 5.84. The summed E-state index contributed by atoms with van der Waals surface area (Å²) in [7, 11) is 0. The number of phenolic OH excluding ortho intramolecular Hbond substituents is 1. The molecule has 21 heavy (non-hydrogen) atoms. The Morgan fingerprint density at radius 3 is 2.67 bits per heavy atom. The number of thiocarbonyl (C=S) groups is 1. The number of aromatic hydroxyl groups is 1. The molecule has 2 rings (SSSR count). The van der Waals surface area contributed by atoms with Crippen LogP contribution in [0.15, 0.2) is 48.5 Å². The van der Waals surface area contributed by atoms with Gasteiger partial charge in [-0.3, -0.25) is 0 Å². The third kappa shape index (κ3) is 5.25. The van der Waals surface area contributed by atoms with Crippen LogP contribution in [0.1, 0.15) is 12.0 Å². The average Bonchev–Trinajstić information content (AvgIpc) is 2.48. The van der Waals surface area contributed by atoms with E-state index in [1.165, 1.54) is 11.6 Å². The molecule has 0 heterocycles. The van der Waals surface area contributed by atoms with Gasteiger partial charge in [0.05, 0.1) is 5.69 Å². The quantitative estimate of drug-likeness (QED) is 0.443. The van der Waals surface area contributed by atoms with Crippen LogP contribution in [0.2, 0.25) is 5.02 Å².